The monoisotopic (exact) mass is 233 g/mol. The highest BCUT2D eigenvalue weighted by Gasteiger charge is 2.03. The minimum absolute atomic E-state index is 0.215. The molecule has 0 heterocycles. The van der Waals surface area contributed by atoms with Crippen LogP contribution < -0.4 is 5.73 Å². The maximum absolute atomic E-state index is 11.6. The van der Waals surface area contributed by atoms with Gasteiger partial charge in [0.2, 0.25) is 0 Å². The van der Waals surface area contributed by atoms with Crippen LogP contribution in [0.4, 0.5) is 0 Å². The summed E-state index contributed by atoms with van der Waals surface area (Å²) in [6.45, 7) is 1.99. The van der Waals surface area contributed by atoms with Crippen LogP contribution in [0.1, 0.15) is 44.6 Å². The van der Waals surface area contributed by atoms with E-state index < -0.39 is 0 Å². The molecule has 1 aromatic carbocycles. The lowest BCUT2D eigenvalue weighted by Gasteiger charge is -2.04. The van der Waals surface area contributed by atoms with Gasteiger partial charge in [-0.2, -0.15) is 0 Å². The van der Waals surface area contributed by atoms with Gasteiger partial charge in [-0.05, 0) is 38.2 Å². The number of carbonyl (C=O) groups excluding carboxylic acids is 1. The van der Waals surface area contributed by atoms with Crippen molar-refractivity contribution in [3.63, 3.8) is 0 Å². The second kappa shape index (κ2) is 8.02. The zero-order chi connectivity index (χ0) is 12.5. The van der Waals surface area contributed by atoms with Gasteiger partial charge in [-0.3, -0.25) is 4.79 Å². The van der Waals surface area contributed by atoms with Crippen molar-refractivity contribution in [2.45, 2.75) is 51.5 Å². The third-order valence-electron chi connectivity index (χ3n) is 2.88. The van der Waals surface area contributed by atoms with E-state index in [1.807, 2.05) is 25.1 Å². The molecule has 94 valence electrons. The molecule has 0 aliphatic carbocycles. The quantitative estimate of drug-likeness (QED) is 0.749. The first kappa shape index (κ1) is 13.9. The van der Waals surface area contributed by atoms with Crippen molar-refractivity contribution in [1.82, 2.24) is 0 Å². The standard InChI is InChI=1S/C15H23NO/c1-13(16)7-5-11-15(17)12-6-10-14-8-3-2-4-9-14/h2-4,8-9,13H,5-7,10-12,16H2,1H3. The molecule has 0 fully saturated rings. The molecule has 0 radical (unpaired) electrons. The molecule has 0 saturated carbocycles. The molecule has 0 aliphatic heterocycles. The molecule has 0 saturated heterocycles. The Bertz CT molecular complexity index is 319. The molecule has 2 heteroatoms. The van der Waals surface area contributed by atoms with E-state index in [0.29, 0.717) is 18.6 Å². The van der Waals surface area contributed by atoms with Gasteiger partial charge in [0.1, 0.15) is 5.78 Å². The van der Waals surface area contributed by atoms with E-state index in [0.717, 1.165) is 25.7 Å². The van der Waals surface area contributed by atoms with Crippen molar-refractivity contribution in [2.24, 2.45) is 5.73 Å². The Labute approximate surface area is 104 Å². The van der Waals surface area contributed by atoms with Gasteiger partial charge in [-0.15, -0.1) is 0 Å². The van der Waals surface area contributed by atoms with E-state index in [1.165, 1.54) is 5.56 Å². The zero-order valence-electron chi connectivity index (χ0n) is 10.7. The Morgan fingerprint density at radius 3 is 2.47 bits per heavy atom. The van der Waals surface area contributed by atoms with Crippen molar-refractivity contribution in [1.29, 1.82) is 0 Å². The number of carbonyl (C=O) groups is 1. The second-order valence-corrected chi connectivity index (χ2v) is 4.75. The topological polar surface area (TPSA) is 43.1 Å². The van der Waals surface area contributed by atoms with E-state index in [9.17, 15) is 4.79 Å². The first-order valence-corrected chi connectivity index (χ1v) is 6.49. The summed E-state index contributed by atoms with van der Waals surface area (Å²) in [5.74, 6) is 0.376. The lowest BCUT2D eigenvalue weighted by molar-refractivity contribution is -0.119. The highest BCUT2D eigenvalue weighted by molar-refractivity contribution is 5.78. The maximum Gasteiger partial charge on any atom is 0.132 e. The number of nitrogens with two attached hydrogens (primary N) is 1. The van der Waals surface area contributed by atoms with Crippen molar-refractivity contribution in [2.75, 3.05) is 0 Å². The van der Waals surface area contributed by atoms with Gasteiger partial charge in [-0.25, -0.2) is 0 Å². The number of ketones is 1. The van der Waals surface area contributed by atoms with Gasteiger partial charge >= 0.3 is 0 Å². The van der Waals surface area contributed by atoms with Crippen LogP contribution >= 0.6 is 0 Å². The SMILES string of the molecule is CC(N)CCCC(=O)CCCc1ccccc1. The van der Waals surface area contributed by atoms with Crippen LogP contribution in [-0.4, -0.2) is 11.8 Å². The Morgan fingerprint density at radius 1 is 1.18 bits per heavy atom. The van der Waals surface area contributed by atoms with E-state index in [1.54, 1.807) is 0 Å². The van der Waals surface area contributed by atoms with Crippen LogP contribution in [0, 0.1) is 0 Å². The van der Waals surface area contributed by atoms with Gasteiger partial charge in [0, 0.05) is 18.9 Å². The molecular weight excluding hydrogens is 210 g/mol. The fraction of sp³-hybridized carbons (Fsp3) is 0.533. The molecule has 1 atom stereocenters. The fourth-order valence-electron chi connectivity index (χ4n) is 1.88. The average molecular weight is 233 g/mol. The lowest BCUT2D eigenvalue weighted by Crippen LogP contribution is -2.14. The molecule has 0 aromatic heterocycles. The number of hydrogen-bond acceptors (Lipinski definition) is 2. The Kier molecular flexibility index (Phi) is 6.56. The molecule has 2 nitrogen and oxygen atoms in total. The van der Waals surface area contributed by atoms with Gasteiger partial charge in [0.25, 0.3) is 0 Å². The molecular formula is C15H23NO. The van der Waals surface area contributed by atoms with E-state index in [-0.39, 0.29) is 6.04 Å². The Hall–Kier alpha value is -1.15. The van der Waals surface area contributed by atoms with Crippen molar-refractivity contribution < 1.29 is 4.79 Å². The van der Waals surface area contributed by atoms with Crippen LogP contribution in [0.2, 0.25) is 0 Å². The zero-order valence-corrected chi connectivity index (χ0v) is 10.7. The number of benzene rings is 1. The summed E-state index contributed by atoms with van der Waals surface area (Å²) in [6.07, 6.45) is 5.23. The molecule has 17 heavy (non-hydrogen) atoms. The summed E-state index contributed by atoms with van der Waals surface area (Å²) in [7, 11) is 0. The molecule has 0 amide bonds. The average Bonchev–Trinajstić information content (AvgIpc) is 2.30. The van der Waals surface area contributed by atoms with Gasteiger partial charge in [-0.1, -0.05) is 30.3 Å². The summed E-state index contributed by atoms with van der Waals surface area (Å²) in [4.78, 5) is 11.6. The second-order valence-electron chi connectivity index (χ2n) is 4.75. The predicted molar refractivity (Wildman–Crippen MR) is 71.9 cm³/mol. The maximum atomic E-state index is 11.6. The van der Waals surface area contributed by atoms with Crippen LogP contribution in [-0.2, 0) is 11.2 Å². The van der Waals surface area contributed by atoms with Crippen LogP contribution in [0.15, 0.2) is 30.3 Å². The van der Waals surface area contributed by atoms with Gasteiger partial charge < -0.3 is 5.73 Å². The summed E-state index contributed by atoms with van der Waals surface area (Å²) in [6, 6.07) is 10.5. The van der Waals surface area contributed by atoms with Crippen LogP contribution in [0.25, 0.3) is 0 Å². The number of Topliss-reactive ketones (excluding diaryl/α,β-unsaturated/α-hetero) is 1. The van der Waals surface area contributed by atoms with E-state index in [4.69, 9.17) is 5.73 Å². The third-order valence-corrected chi connectivity index (χ3v) is 2.88. The molecule has 1 rings (SSSR count). The molecule has 1 unspecified atom stereocenters. The molecule has 2 N–H and O–H groups in total. The molecule has 0 spiro atoms. The Balaban J connectivity index is 2.08. The summed E-state index contributed by atoms with van der Waals surface area (Å²) in [5, 5.41) is 0. The predicted octanol–water partition coefficient (Wildman–Crippen LogP) is 3.10. The molecule has 0 aliphatic rings. The summed E-state index contributed by atoms with van der Waals surface area (Å²) in [5.41, 5.74) is 6.96. The van der Waals surface area contributed by atoms with Gasteiger partial charge in [0.05, 0.1) is 0 Å². The minimum atomic E-state index is 0.215. The lowest BCUT2D eigenvalue weighted by atomic mass is 10.0. The van der Waals surface area contributed by atoms with E-state index >= 15 is 0 Å². The highest BCUT2D eigenvalue weighted by atomic mass is 16.1. The minimum Gasteiger partial charge on any atom is -0.328 e. The fourth-order valence-corrected chi connectivity index (χ4v) is 1.88. The highest BCUT2D eigenvalue weighted by Crippen LogP contribution is 2.07. The van der Waals surface area contributed by atoms with Crippen LogP contribution in [0.3, 0.4) is 0 Å². The van der Waals surface area contributed by atoms with Crippen molar-refractivity contribution in [3.05, 3.63) is 35.9 Å². The first-order chi connectivity index (χ1) is 8.18. The first-order valence-electron chi connectivity index (χ1n) is 6.49. The number of aryl methyl sites for hydroxylation is 1. The number of hydrogen-bond donors (Lipinski definition) is 1. The summed E-state index contributed by atoms with van der Waals surface area (Å²) >= 11 is 0. The summed E-state index contributed by atoms with van der Waals surface area (Å²) < 4.78 is 0. The Morgan fingerprint density at radius 2 is 1.82 bits per heavy atom. The van der Waals surface area contributed by atoms with Crippen molar-refractivity contribution >= 4 is 5.78 Å². The van der Waals surface area contributed by atoms with Crippen LogP contribution in [0.5, 0.6) is 0 Å². The molecule has 1 aromatic rings. The normalized spacial score (nSPS) is 12.4. The van der Waals surface area contributed by atoms with Gasteiger partial charge in [0.15, 0.2) is 0 Å². The molecule has 0 bridgehead atoms. The largest absolute Gasteiger partial charge is 0.328 e. The van der Waals surface area contributed by atoms with E-state index in [2.05, 4.69) is 12.1 Å². The number of rotatable bonds is 8. The van der Waals surface area contributed by atoms with Crippen molar-refractivity contribution in [3.8, 4) is 0 Å². The smallest absolute Gasteiger partial charge is 0.132 e. The third kappa shape index (κ3) is 6.90.